The molecule has 0 unspecified atom stereocenters. The number of hydrogen-bond acceptors (Lipinski definition) is 3. The molecule has 0 spiro atoms. The molecule has 0 saturated carbocycles. The second kappa shape index (κ2) is 7.25. The Hall–Kier alpha value is -3.12. The highest BCUT2D eigenvalue weighted by molar-refractivity contribution is 9.10. The fraction of sp³-hybridized carbons (Fsp3) is 0. The maximum Gasteiger partial charge on any atom is 0.282 e. The van der Waals surface area contributed by atoms with Gasteiger partial charge in [0.2, 0.25) is 0 Å². The molecule has 0 atom stereocenters. The van der Waals surface area contributed by atoms with E-state index in [1.54, 1.807) is 42.7 Å². The number of nitrogens with zero attached hydrogens (tertiary/aromatic N) is 3. The first-order valence-corrected chi connectivity index (χ1v) is 8.98. The summed E-state index contributed by atoms with van der Waals surface area (Å²) in [5, 5.41) is 0. The summed E-state index contributed by atoms with van der Waals surface area (Å²) in [6, 6.07) is 16.9. The Morgan fingerprint density at radius 1 is 0.963 bits per heavy atom. The van der Waals surface area contributed by atoms with Crippen molar-refractivity contribution in [2.45, 2.75) is 0 Å². The Morgan fingerprint density at radius 2 is 1.67 bits per heavy atom. The van der Waals surface area contributed by atoms with Crippen molar-refractivity contribution in [1.82, 2.24) is 4.98 Å². The summed E-state index contributed by atoms with van der Waals surface area (Å²) in [6.45, 7) is 0. The van der Waals surface area contributed by atoms with Crippen LogP contribution < -0.4 is 4.90 Å². The summed E-state index contributed by atoms with van der Waals surface area (Å²) in [4.78, 5) is 23.2. The van der Waals surface area contributed by atoms with Gasteiger partial charge in [-0.1, -0.05) is 34.1 Å². The highest BCUT2D eigenvalue weighted by Crippen LogP contribution is 2.30. The lowest BCUT2D eigenvalue weighted by atomic mass is 10.1. The molecule has 0 radical (unpaired) electrons. The number of amidine groups is 1. The minimum atomic E-state index is -0.364. The van der Waals surface area contributed by atoms with Crippen LogP contribution in [0, 0.1) is 5.82 Å². The van der Waals surface area contributed by atoms with Crippen LogP contribution in [-0.2, 0) is 4.79 Å². The summed E-state index contributed by atoms with van der Waals surface area (Å²) in [7, 11) is 0. The van der Waals surface area contributed by atoms with Crippen LogP contribution in [-0.4, -0.2) is 16.7 Å². The molecule has 4 rings (SSSR count). The van der Waals surface area contributed by atoms with Crippen LogP contribution in [0.2, 0.25) is 0 Å². The molecule has 132 valence electrons. The van der Waals surface area contributed by atoms with Gasteiger partial charge < -0.3 is 0 Å². The quantitative estimate of drug-likeness (QED) is 0.569. The molecule has 3 aromatic rings. The molecule has 1 aromatic heterocycles. The van der Waals surface area contributed by atoms with Crippen molar-refractivity contribution in [3.8, 4) is 0 Å². The molecular weight excluding hydrogens is 409 g/mol. The first kappa shape index (κ1) is 17.3. The standard InChI is InChI=1S/C21H13BrFN3O/c22-18-4-2-1-3-17(18)20-25-19(13-14-9-11-24-12-10-14)21(27)26(20)16-7-5-15(23)6-8-16/h1-13H/b19-13+. The summed E-state index contributed by atoms with van der Waals surface area (Å²) in [5.41, 5.74) is 2.45. The van der Waals surface area contributed by atoms with Crippen LogP contribution in [0.3, 0.4) is 0 Å². The lowest BCUT2D eigenvalue weighted by Gasteiger charge is -2.19. The lowest BCUT2D eigenvalue weighted by Crippen LogP contribution is -2.32. The molecule has 1 aliphatic rings. The monoisotopic (exact) mass is 421 g/mol. The number of pyridine rings is 1. The highest BCUT2D eigenvalue weighted by atomic mass is 79.9. The number of rotatable bonds is 3. The Kier molecular flexibility index (Phi) is 4.64. The Morgan fingerprint density at radius 3 is 2.37 bits per heavy atom. The molecule has 27 heavy (non-hydrogen) atoms. The number of amides is 1. The number of anilines is 1. The summed E-state index contributed by atoms with van der Waals surface area (Å²) >= 11 is 3.52. The van der Waals surface area contributed by atoms with Crippen LogP contribution in [0.15, 0.2) is 88.2 Å². The third-order valence-electron chi connectivity index (χ3n) is 4.07. The number of aliphatic imine (C=N–C) groups is 1. The van der Waals surface area contributed by atoms with Crippen LogP contribution >= 0.6 is 15.9 Å². The van der Waals surface area contributed by atoms with Crippen molar-refractivity contribution in [3.63, 3.8) is 0 Å². The molecule has 2 heterocycles. The Labute approximate surface area is 163 Å². The fourth-order valence-corrected chi connectivity index (χ4v) is 3.25. The minimum Gasteiger partial charge on any atom is -0.266 e. The van der Waals surface area contributed by atoms with Gasteiger partial charge in [0, 0.05) is 22.4 Å². The van der Waals surface area contributed by atoms with E-state index in [2.05, 4.69) is 25.9 Å². The molecule has 4 nitrogen and oxygen atoms in total. The molecule has 0 aliphatic carbocycles. The van der Waals surface area contributed by atoms with Gasteiger partial charge in [-0.05, 0) is 54.1 Å². The SMILES string of the molecule is O=C1/C(=C\c2ccncc2)N=C(c2ccccc2Br)N1c1ccc(F)cc1. The van der Waals surface area contributed by atoms with Gasteiger partial charge in [-0.3, -0.25) is 14.7 Å². The summed E-state index contributed by atoms with van der Waals surface area (Å²) < 4.78 is 14.2. The first-order valence-electron chi connectivity index (χ1n) is 8.19. The molecule has 0 bridgehead atoms. The van der Waals surface area contributed by atoms with Gasteiger partial charge in [-0.15, -0.1) is 0 Å². The van der Waals surface area contributed by atoms with Crippen molar-refractivity contribution < 1.29 is 9.18 Å². The average molecular weight is 422 g/mol. The number of carbonyl (C=O) groups excluding carboxylic acids is 1. The van der Waals surface area contributed by atoms with E-state index in [9.17, 15) is 9.18 Å². The normalized spacial score (nSPS) is 15.3. The number of hydrogen-bond donors (Lipinski definition) is 0. The van der Waals surface area contributed by atoms with Gasteiger partial charge in [0.05, 0.1) is 5.69 Å². The van der Waals surface area contributed by atoms with E-state index >= 15 is 0 Å². The molecular formula is C21H13BrFN3O. The van der Waals surface area contributed by atoms with Gasteiger partial charge in [0.25, 0.3) is 5.91 Å². The van der Waals surface area contributed by atoms with Gasteiger partial charge in [0.15, 0.2) is 0 Å². The van der Waals surface area contributed by atoms with Gasteiger partial charge in [0.1, 0.15) is 17.3 Å². The zero-order valence-corrected chi connectivity index (χ0v) is 15.6. The van der Waals surface area contributed by atoms with Crippen LogP contribution in [0.25, 0.3) is 6.08 Å². The van der Waals surface area contributed by atoms with Crippen molar-refractivity contribution >= 4 is 39.4 Å². The first-order chi connectivity index (χ1) is 13.1. The molecule has 0 N–H and O–H groups in total. The van der Waals surface area contributed by atoms with Crippen molar-refractivity contribution in [3.05, 3.63) is 100 Å². The largest absolute Gasteiger partial charge is 0.282 e. The Bertz CT molecular complexity index is 1060. The molecule has 0 saturated heterocycles. The van der Waals surface area contributed by atoms with E-state index in [1.807, 2.05) is 24.3 Å². The Balaban J connectivity index is 1.85. The minimum absolute atomic E-state index is 0.274. The topological polar surface area (TPSA) is 45.6 Å². The second-order valence-electron chi connectivity index (χ2n) is 5.84. The third kappa shape index (κ3) is 3.44. The zero-order chi connectivity index (χ0) is 18.8. The average Bonchev–Trinajstić information content (AvgIpc) is 3.00. The van der Waals surface area contributed by atoms with E-state index in [4.69, 9.17) is 0 Å². The number of benzene rings is 2. The van der Waals surface area contributed by atoms with Gasteiger partial charge in [-0.25, -0.2) is 9.38 Å². The fourth-order valence-electron chi connectivity index (χ4n) is 2.79. The molecule has 2 aromatic carbocycles. The number of carbonyl (C=O) groups is 1. The molecule has 1 aliphatic heterocycles. The second-order valence-corrected chi connectivity index (χ2v) is 6.70. The van der Waals surface area contributed by atoms with Crippen molar-refractivity contribution in [2.75, 3.05) is 4.90 Å². The molecule has 0 fully saturated rings. The predicted octanol–water partition coefficient (Wildman–Crippen LogP) is 4.82. The third-order valence-corrected chi connectivity index (χ3v) is 4.76. The van der Waals surface area contributed by atoms with E-state index in [1.165, 1.54) is 17.0 Å². The van der Waals surface area contributed by atoms with Gasteiger partial charge in [-0.2, -0.15) is 0 Å². The zero-order valence-electron chi connectivity index (χ0n) is 14.0. The smallest absolute Gasteiger partial charge is 0.266 e. The predicted molar refractivity (Wildman–Crippen MR) is 107 cm³/mol. The summed E-state index contributed by atoms with van der Waals surface area (Å²) in [5.74, 6) is -0.152. The van der Waals surface area contributed by atoms with Crippen molar-refractivity contribution in [2.24, 2.45) is 4.99 Å². The number of halogens is 2. The van der Waals surface area contributed by atoms with E-state index < -0.39 is 0 Å². The van der Waals surface area contributed by atoms with Crippen LogP contribution in [0.1, 0.15) is 11.1 Å². The van der Waals surface area contributed by atoms with Crippen molar-refractivity contribution in [1.29, 1.82) is 0 Å². The highest BCUT2D eigenvalue weighted by Gasteiger charge is 2.33. The van der Waals surface area contributed by atoms with E-state index in [0.717, 1.165) is 15.6 Å². The van der Waals surface area contributed by atoms with Gasteiger partial charge >= 0.3 is 0 Å². The number of aromatic nitrogens is 1. The van der Waals surface area contributed by atoms with Crippen LogP contribution in [0.4, 0.5) is 10.1 Å². The summed E-state index contributed by atoms with van der Waals surface area (Å²) in [6.07, 6.45) is 5.02. The lowest BCUT2D eigenvalue weighted by molar-refractivity contribution is -0.113. The molecule has 1 amide bonds. The maximum absolute atomic E-state index is 13.4. The van der Waals surface area contributed by atoms with E-state index in [0.29, 0.717) is 17.2 Å². The maximum atomic E-state index is 13.4. The van der Waals surface area contributed by atoms with Crippen LogP contribution in [0.5, 0.6) is 0 Å². The van der Waals surface area contributed by atoms with E-state index in [-0.39, 0.29) is 11.7 Å². The molecule has 6 heteroatoms.